The molecule has 7 heteroatoms. The monoisotopic (exact) mass is 508 g/mol. The first-order valence-corrected chi connectivity index (χ1v) is 13.7. The number of unbranched alkanes of at least 4 members (excludes halogenated alkanes) is 1. The van der Waals surface area contributed by atoms with Crippen molar-refractivity contribution in [3.8, 4) is 21.9 Å². The van der Waals surface area contributed by atoms with Crippen molar-refractivity contribution in [1.29, 1.82) is 0 Å². The largest absolute Gasteiger partial charge is 0.427 e. The van der Waals surface area contributed by atoms with Crippen LogP contribution in [0.2, 0.25) is 0 Å². The van der Waals surface area contributed by atoms with Gasteiger partial charge in [-0.2, -0.15) is 0 Å². The number of fused-ring (bicyclic) bond motifs is 1. The molecule has 0 aliphatic carbocycles. The van der Waals surface area contributed by atoms with Crippen molar-refractivity contribution in [3.63, 3.8) is 0 Å². The molecule has 0 amide bonds. The Kier molecular flexibility index (Phi) is 7.88. The van der Waals surface area contributed by atoms with Crippen LogP contribution in [0.4, 0.5) is 0 Å². The second-order valence-corrected chi connectivity index (χ2v) is 10.9. The van der Waals surface area contributed by atoms with Crippen molar-refractivity contribution in [2.75, 3.05) is 0 Å². The Balaban J connectivity index is 1.42. The molecule has 4 aromatic rings. The molecule has 0 radical (unpaired) electrons. The van der Waals surface area contributed by atoms with Crippen molar-refractivity contribution >= 4 is 55.6 Å². The van der Waals surface area contributed by atoms with Crippen LogP contribution in [0, 0.1) is 3.82 Å². The van der Waals surface area contributed by atoms with Crippen molar-refractivity contribution in [1.82, 2.24) is 0 Å². The van der Waals surface area contributed by atoms with E-state index in [9.17, 15) is 9.59 Å². The Bertz CT molecular complexity index is 1370. The average Bonchev–Trinajstić information content (AvgIpc) is 3.28. The molecule has 0 aliphatic heterocycles. The number of rotatable bonds is 8. The third-order valence-corrected chi connectivity index (χ3v) is 8.39. The molecule has 0 bridgehead atoms. The van der Waals surface area contributed by atoms with Gasteiger partial charge in [0.15, 0.2) is 0 Å². The van der Waals surface area contributed by atoms with E-state index in [1.807, 2.05) is 62.4 Å². The molecule has 0 spiro atoms. The quantitative estimate of drug-likeness (QED) is 0.104. The highest BCUT2D eigenvalue weighted by Gasteiger charge is 2.18. The lowest BCUT2D eigenvalue weighted by Crippen LogP contribution is -2.16. The fourth-order valence-corrected chi connectivity index (χ4v) is 5.88. The fraction of sp³-hybridized carbons (Fsp3) is 0.222. The van der Waals surface area contributed by atoms with Gasteiger partial charge in [-0.15, -0.1) is 0 Å². The van der Waals surface area contributed by atoms with Crippen LogP contribution in [0.5, 0.6) is 11.5 Å². The van der Waals surface area contributed by atoms with E-state index in [1.165, 1.54) is 0 Å². The minimum absolute atomic E-state index is 0.219. The minimum atomic E-state index is -0.433. The maximum atomic E-state index is 12.8. The lowest BCUT2D eigenvalue weighted by molar-refractivity contribution is -0.136. The maximum Gasteiger partial charge on any atom is 0.318 e. The third kappa shape index (κ3) is 5.97. The van der Waals surface area contributed by atoms with E-state index in [1.54, 1.807) is 38.9 Å². The van der Waals surface area contributed by atoms with Gasteiger partial charge in [0.1, 0.15) is 15.3 Å². The summed E-state index contributed by atoms with van der Waals surface area (Å²) in [7, 11) is 3.21. The maximum absolute atomic E-state index is 12.8. The van der Waals surface area contributed by atoms with Gasteiger partial charge in [0.05, 0.1) is 5.92 Å². The van der Waals surface area contributed by atoms with Crippen LogP contribution in [-0.2, 0) is 9.59 Å². The van der Waals surface area contributed by atoms with Gasteiger partial charge in [-0.25, -0.2) is 0 Å². The summed E-state index contributed by atoms with van der Waals surface area (Å²) in [5, 5.41) is 1.91. The van der Waals surface area contributed by atoms with E-state index < -0.39 is 5.92 Å². The first-order valence-electron chi connectivity index (χ1n) is 11.1. The summed E-state index contributed by atoms with van der Waals surface area (Å²) in [6.45, 7) is 3.87. The van der Waals surface area contributed by atoms with Crippen molar-refractivity contribution < 1.29 is 19.1 Å². The number of ether oxygens (including phenoxy) is 2. The minimum Gasteiger partial charge on any atom is -0.427 e. The summed E-state index contributed by atoms with van der Waals surface area (Å²) in [4.78, 5) is 25.8. The van der Waals surface area contributed by atoms with Gasteiger partial charge >= 0.3 is 11.9 Å². The van der Waals surface area contributed by atoms with Crippen LogP contribution >= 0.6 is 32.9 Å². The molecule has 0 saturated carbocycles. The van der Waals surface area contributed by atoms with Gasteiger partial charge in [-0.05, 0) is 77.7 Å². The summed E-state index contributed by atoms with van der Waals surface area (Å²) in [6.07, 6.45) is 2.19. The smallest absolute Gasteiger partial charge is 0.318 e. The van der Waals surface area contributed by atoms with Gasteiger partial charge in [0.2, 0.25) is 0 Å². The Hall–Kier alpha value is -2.87. The van der Waals surface area contributed by atoms with Crippen LogP contribution in [0.3, 0.4) is 0 Å². The van der Waals surface area contributed by atoms with Gasteiger partial charge in [0, 0.05) is 11.3 Å². The summed E-state index contributed by atoms with van der Waals surface area (Å²) in [6, 6.07) is 20.8. The summed E-state index contributed by atoms with van der Waals surface area (Å²) in [5.74, 6) is 0.0692. The van der Waals surface area contributed by atoms with Crippen molar-refractivity contribution in [3.05, 3.63) is 76.1 Å². The number of esters is 2. The van der Waals surface area contributed by atoms with Crippen LogP contribution in [0.15, 0.2) is 66.7 Å². The summed E-state index contributed by atoms with van der Waals surface area (Å²) < 4.78 is 11.9. The molecule has 0 fully saturated rings. The molecule has 3 aromatic carbocycles. The van der Waals surface area contributed by atoms with Gasteiger partial charge < -0.3 is 9.47 Å². The first kappa shape index (κ1) is 24.3. The zero-order valence-corrected chi connectivity index (χ0v) is 21.4. The third-order valence-electron chi connectivity index (χ3n) is 5.48. The number of hydrogen-bond acceptors (Lipinski definition) is 7. The topological polar surface area (TPSA) is 52.6 Å². The zero-order valence-electron chi connectivity index (χ0n) is 18.9. The van der Waals surface area contributed by atoms with Crippen molar-refractivity contribution in [2.45, 2.75) is 39.0 Å². The molecule has 0 unspecified atom stereocenters. The molecule has 0 N–H and O–H groups in total. The molecule has 1 aromatic heterocycles. The number of hydrogen-bond donors (Lipinski definition) is 0. The SMILES string of the molecule is CCCCC(=O)Oc1ccc2cc([C@H](C)C(=O)Oc3ccc(-c4cc(=S)ss4)cc3)ccc2c1. The molecule has 1 atom stereocenters. The Morgan fingerprint density at radius 2 is 1.59 bits per heavy atom. The predicted molar refractivity (Wildman–Crippen MR) is 142 cm³/mol. The molecule has 1 heterocycles. The van der Waals surface area contributed by atoms with Crippen LogP contribution in [0.1, 0.15) is 44.6 Å². The number of carbonyl (C=O) groups excluding carboxylic acids is 2. The highest BCUT2D eigenvalue weighted by molar-refractivity contribution is 7.80. The zero-order chi connectivity index (χ0) is 24.1. The molecule has 34 heavy (non-hydrogen) atoms. The Labute approximate surface area is 211 Å². The fourth-order valence-electron chi connectivity index (χ4n) is 3.48. The Morgan fingerprint density at radius 3 is 2.29 bits per heavy atom. The lowest BCUT2D eigenvalue weighted by atomic mass is 9.98. The van der Waals surface area contributed by atoms with Gasteiger partial charge in [-0.3, -0.25) is 9.59 Å². The van der Waals surface area contributed by atoms with E-state index in [4.69, 9.17) is 21.7 Å². The molecule has 174 valence electrons. The second-order valence-electron chi connectivity index (χ2n) is 8.01. The van der Waals surface area contributed by atoms with Crippen LogP contribution in [-0.4, -0.2) is 11.9 Å². The molecular weight excluding hydrogens is 484 g/mol. The second kappa shape index (κ2) is 11.0. The van der Waals surface area contributed by atoms with E-state index >= 15 is 0 Å². The van der Waals surface area contributed by atoms with Gasteiger partial charge in [0.25, 0.3) is 0 Å². The predicted octanol–water partition coefficient (Wildman–Crippen LogP) is 8.16. The highest BCUT2D eigenvalue weighted by Crippen LogP contribution is 2.31. The summed E-state index contributed by atoms with van der Waals surface area (Å²) in [5.41, 5.74) is 1.91. The van der Waals surface area contributed by atoms with Gasteiger partial charge in [-0.1, -0.05) is 70.5 Å². The van der Waals surface area contributed by atoms with E-state index in [0.29, 0.717) is 17.9 Å². The van der Waals surface area contributed by atoms with E-state index in [2.05, 4.69) is 0 Å². The summed E-state index contributed by atoms with van der Waals surface area (Å²) >= 11 is 5.20. The molecular formula is C27H24O4S3. The van der Waals surface area contributed by atoms with Crippen LogP contribution in [0.25, 0.3) is 21.2 Å². The molecule has 0 saturated heterocycles. The number of carbonyl (C=O) groups is 2. The lowest BCUT2D eigenvalue weighted by Gasteiger charge is -2.13. The normalized spacial score (nSPS) is 11.8. The van der Waals surface area contributed by atoms with E-state index in [0.717, 1.165) is 43.4 Å². The van der Waals surface area contributed by atoms with Crippen LogP contribution < -0.4 is 9.47 Å². The standard InChI is InChI=1S/C27H24O4S3/c1-3-4-5-25(28)30-23-13-10-20-14-19(6-7-21(20)15-23)17(2)27(29)31-22-11-8-18(9-12-22)24-16-26(32)34-33-24/h6-17H,3-5H2,1-2H3/t17-/m0/s1. The highest BCUT2D eigenvalue weighted by atomic mass is 32.9. The molecule has 4 nitrogen and oxygen atoms in total. The first-order chi connectivity index (χ1) is 16.4. The molecule has 0 aliphatic rings. The average molecular weight is 509 g/mol. The van der Waals surface area contributed by atoms with E-state index in [-0.39, 0.29) is 11.9 Å². The Morgan fingerprint density at radius 1 is 0.882 bits per heavy atom. The molecule has 4 rings (SSSR count). The number of benzene rings is 3. The van der Waals surface area contributed by atoms with Crippen molar-refractivity contribution in [2.24, 2.45) is 0 Å².